The molecule has 1 aromatic rings. The molecule has 0 aliphatic heterocycles. The molecule has 0 radical (unpaired) electrons. The predicted octanol–water partition coefficient (Wildman–Crippen LogP) is 2.47. The van der Waals surface area contributed by atoms with Gasteiger partial charge >= 0.3 is 13.2 Å². The van der Waals surface area contributed by atoms with E-state index in [2.05, 4.69) is 9.47 Å². The fourth-order valence-corrected chi connectivity index (χ4v) is 0.906. The van der Waals surface area contributed by atoms with Crippen molar-refractivity contribution in [1.82, 2.24) is 0 Å². The lowest BCUT2D eigenvalue weighted by Gasteiger charge is -2.09. The third-order valence-corrected chi connectivity index (χ3v) is 1.42. The number of anilines is 1. The van der Waals surface area contributed by atoms with E-state index in [0.29, 0.717) is 0 Å². The summed E-state index contributed by atoms with van der Waals surface area (Å²) in [6.07, 6.45) is 0. The molecule has 84 valence electrons. The number of hydrogen-bond donors (Lipinski definition) is 1. The average Bonchev–Trinajstić information content (AvgIpc) is 2.08. The Balaban J connectivity index is 2.78. The number of hydrogen-bond acceptors (Lipinski definition) is 3. The highest BCUT2D eigenvalue weighted by atomic mass is 19.3. The second kappa shape index (κ2) is 4.72. The molecule has 1 aromatic carbocycles. The van der Waals surface area contributed by atoms with Crippen molar-refractivity contribution in [1.29, 1.82) is 0 Å². The Hall–Kier alpha value is -1.66. The first-order chi connectivity index (χ1) is 6.99. The summed E-state index contributed by atoms with van der Waals surface area (Å²) in [4.78, 5) is 0. The fraction of sp³-hybridized carbons (Fsp3) is 0.250. The summed E-state index contributed by atoms with van der Waals surface area (Å²) >= 11 is 0. The first-order valence-corrected chi connectivity index (χ1v) is 3.78. The molecule has 0 bridgehead atoms. The average molecular weight is 225 g/mol. The fourth-order valence-electron chi connectivity index (χ4n) is 0.906. The van der Waals surface area contributed by atoms with Gasteiger partial charge in [-0.2, -0.15) is 17.6 Å². The van der Waals surface area contributed by atoms with E-state index in [4.69, 9.17) is 5.73 Å². The van der Waals surface area contributed by atoms with Gasteiger partial charge in [0.25, 0.3) is 0 Å². The lowest BCUT2D eigenvalue weighted by Crippen LogP contribution is -2.06. The van der Waals surface area contributed by atoms with Gasteiger partial charge in [-0.3, -0.25) is 0 Å². The monoisotopic (exact) mass is 225 g/mol. The van der Waals surface area contributed by atoms with E-state index in [1.807, 2.05) is 0 Å². The van der Waals surface area contributed by atoms with E-state index >= 15 is 0 Å². The Morgan fingerprint density at radius 1 is 1.00 bits per heavy atom. The van der Waals surface area contributed by atoms with E-state index < -0.39 is 13.2 Å². The van der Waals surface area contributed by atoms with Gasteiger partial charge < -0.3 is 15.2 Å². The molecule has 0 saturated carbocycles. The normalized spacial score (nSPS) is 10.8. The number of halogens is 4. The summed E-state index contributed by atoms with van der Waals surface area (Å²) in [6.45, 7) is -6.01. The van der Waals surface area contributed by atoms with Gasteiger partial charge in [-0.15, -0.1) is 0 Å². The maximum atomic E-state index is 11.8. The zero-order valence-corrected chi connectivity index (χ0v) is 7.29. The third kappa shape index (κ3) is 3.53. The molecule has 0 aromatic heterocycles. The van der Waals surface area contributed by atoms with Crippen LogP contribution in [0.3, 0.4) is 0 Å². The standard InChI is InChI=1S/C8H7F4NO2/c9-7(10)14-4-1-2-6(5(13)3-4)15-8(11)12/h1-3,7-8H,13H2. The van der Waals surface area contributed by atoms with Crippen molar-refractivity contribution in [2.24, 2.45) is 0 Å². The number of ether oxygens (including phenoxy) is 2. The molecular weight excluding hydrogens is 218 g/mol. The second-order valence-corrected chi connectivity index (χ2v) is 2.46. The van der Waals surface area contributed by atoms with Crippen molar-refractivity contribution in [2.45, 2.75) is 13.2 Å². The van der Waals surface area contributed by atoms with Crippen molar-refractivity contribution in [2.75, 3.05) is 5.73 Å². The highest BCUT2D eigenvalue weighted by Gasteiger charge is 2.10. The quantitative estimate of drug-likeness (QED) is 0.632. The van der Waals surface area contributed by atoms with Crippen LogP contribution in [0.2, 0.25) is 0 Å². The first-order valence-electron chi connectivity index (χ1n) is 3.78. The molecule has 0 heterocycles. The van der Waals surface area contributed by atoms with Crippen LogP contribution in [0.1, 0.15) is 0 Å². The minimum Gasteiger partial charge on any atom is -0.435 e. The van der Waals surface area contributed by atoms with Crippen molar-refractivity contribution in [3.05, 3.63) is 18.2 Å². The Kier molecular flexibility index (Phi) is 3.59. The molecule has 0 amide bonds. The van der Waals surface area contributed by atoms with Crippen molar-refractivity contribution in [3.8, 4) is 11.5 Å². The third-order valence-electron chi connectivity index (χ3n) is 1.42. The first kappa shape index (κ1) is 11.4. The molecule has 0 atom stereocenters. The van der Waals surface area contributed by atoms with Gasteiger partial charge in [0.05, 0.1) is 5.69 Å². The Bertz CT molecular complexity index is 332. The molecule has 0 aliphatic carbocycles. The van der Waals surface area contributed by atoms with Gasteiger partial charge in [-0.05, 0) is 12.1 Å². The van der Waals surface area contributed by atoms with Crippen LogP contribution in [0.25, 0.3) is 0 Å². The maximum absolute atomic E-state index is 11.8. The summed E-state index contributed by atoms with van der Waals surface area (Å²) in [5.41, 5.74) is 5.06. The zero-order valence-electron chi connectivity index (χ0n) is 7.29. The molecular formula is C8H7F4NO2. The number of nitrogens with two attached hydrogens (primary N) is 1. The number of rotatable bonds is 4. The number of alkyl halides is 4. The SMILES string of the molecule is Nc1cc(OC(F)F)ccc1OC(F)F. The molecule has 1 rings (SSSR count). The maximum Gasteiger partial charge on any atom is 0.387 e. The summed E-state index contributed by atoms with van der Waals surface area (Å²) in [7, 11) is 0. The van der Waals surface area contributed by atoms with Gasteiger partial charge in [0.15, 0.2) is 0 Å². The van der Waals surface area contributed by atoms with Crippen LogP contribution in [0, 0.1) is 0 Å². The zero-order chi connectivity index (χ0) is 11.4. The Morgan fingerprint density at radius 3 is 2.07 bits per heavy atom. The van der Waals surface area contributed by atoms with Crippen LogP contribution in [-0.2, 0) is 0 Å². The van der Waals surface area contributed by atoms with E-state index in [1.165, 1.54) is 0 Å². The molecule has 0 spiro atoms. The van der Waals surface area contributed by atoms with Crippen molar-refractivity contribution < 1.29 is 27.0 Å². The summed E-state index contributed by atoms with van der Waals surface area (Å²) < 4.78 is 55.1. The van der Waals surface area contributed by atoms with Crippen LogP contribution < -0.4 is 15.2 Å². The molecule has 2 N–H and O–H groups in total. The van der Waals surface area contributed by atoms with Crippen LogP contribution in [0.4, 0.5) is 23.2 Å². The number of nitrogen functional groups attached to an aromatic ring is 1. The summed E-state index contributed by atoms with van der Waals surface area (Å²) in [6, 6.07) is 3.06. The summed E-state index contributed by atoms with van der Waals surface area (Å²) in [5, 5.41) is 0. The molecule has 0 fully saturated rings. The van der Waals surface area contributed by atoms with Crippen LogP contribution in [0.5, 0.6) is 11.5 Å². The van der Waals surface area contributed by atoms with Gasteiger partial charge in [-0.1, -0.05) is 0 Å². The van der Waals surface area contributed by atoms with Gasteiger partial charge in [0.2, 0.25) is 0 Å². The molecule has 7 heteroatoms. The highest BCUT2D eigenvalue weighted by molar-refractivity contribution is 5.56. The van der Waals surface area contributed by atoms with Gasteiger partial charge in [0, 0.05) is 6.07 Å². The second-order valence-electron chi connectivity index (χ2n) is 2.46. The van der Waals surface area contributed by atoms with E-state index in [9.17, 15) is 17.6 Å². The molecule has 0 unspecified atom stereocenters. The minimum atomic E-state index is -3.02. The molecule has 0 saturated heterocycles. The van der Waals surface area contributed by atoms with Crippen molar-refractivity contribution >= 4 is 5.69 Å². The Labute approximate surface area is 82.4 Å². The van der Waals surface area contributed by atoms with Crippen molar-refractivity contribution in [3.63, 3.8) is 0 Å². The van der Waals surface area contributed by atoms with Crippen LogP contribution >= 0.6 is 0 Å². The number of benzene rings is 1. The van der Waals surface area contributed by atoms with Crippen LogP contribution in [0.15, 0.2) is 18.2 Å². The predicted molar refractivity (Wildman–Crippen MR) is 44.1 cm³/mol. The highest BCUT2D eigenvalue weighted by Crippen LogP contribution is 2.28. The minimum absolute atomic E-state index is 0.201. The topological polar surface area (TPSA) is 44.5 Å². The Morgan fingerprint density at radius 2 is 1.60 bits per heavy atom. The molecule has 0 aliphatic rings. The van der Waals surface area contributed by atoms with Gasteiger partial charge in [0.1, 0.15) is 11.5 Å². The molecule has 3 nitrogen and oxygen atoms in total. The largest absolute Gasteiger partial charge is 0.435 e. The lowest BCUT2D eigenvalue weighted by molar-refractivity contribution is -0.0525. The molecule has 15 heavy (non-hydrogen) atoms. The van der Waals surface area contributed by atoms with Gasteiger partial charge in [-0.25, -0.2) is 0 Å². The lowest BCUT2D eigenvalue weighted by atomic mass is 10.3. The van der Waals surface area contributed by atoms with Crippen LogP contribution in [-0.4, -0.2) is 13.2 Å². The van der Waals surface area contributed by atoms with E-state index in [1.54, 1.807) is 0 Å². The smallest absolute Gasteiger partial charge is 0.387 e. The van der Waals surface area contributed by atoms with E-state index in [0.717, 1.165) is 18.2 Å². The van der Waals surface area contributed by atoms with E-state index in [-0.39, 0.29) is 17.2 Å². The summed E-state index contributed by atoms with van der Waals surface area (Å²) in [5.74, 6) is -0.504.